The van der Waals surface area contributed by atoms with Crippen molar-refractivity contribution in [1.82, 2.24) is 10.2 Å². The van der Waals surface area contributed by atoms with Crippen molar-refractivity contribution in [2.24, 2.45) is 0 Å². The van der Waals surface area contributed by atoms with Crippen LogP contribution in [0.15, 0.2) is 60.7 Å². The molecule has 0 aromatic heterocycles. The maximum absolute atomic E-state index is 13.0. The molecule has 31 heavy (non-hydrogen) atoms. The van der Waals surface area contributed by atoms with E-state index in [1.807, 2.05) is 6.07 Å². The van der Waals surface area contributed by atoms with Gasteiger partial charge in [0.05, 0.1) is 18.8 Å². The van der Waals surface area contributed by atoms with Crippen molar-refractivity contribution in [3.8, 4) is 0 Å². The second-order valence-corrected chi connectivity index (χ2v) is 7.19. The molecule has 2 amide bonds. The van der Waals surface area contributed by atoms with E-state index in [4.69, 9.17) is 4.74 Å². The Hall–Kier alpha value is -3.13. The van der Waals surface area contributed by atoms with Crippen LogP contribution in [-0.4, -0.2) is 43.0 Å². The lowest BCUT2D eigenvalue weighted by Crippen LogP contribution is -2.47. The van der Waals surface area contributed by atoms with Gasteiger partial charge < -0.3 is 15.0 Å². The largest absolute Gasteiger partial charge is 0.416 e. The molecule has 0 bridgehead atoms. The van der Waals surface area contributed by atoms with Crippen molar-refractivity contribution in [3.63, 3.8) is 0 Å². The van der Waals surface area contributed by atoms with E-state index in [1.54, 1.807) is 36.1 Å². The highest BCUT2D eigenvalue weighted by Gasteiger charge is 2.30. The van der Waals surface area contributed by atoms with Crippen molar-refractivity contribution in [1.29, 1.82) is 0 Å². The molecular weight excluding hydrogens is 409 g/mol. The van der Waals surface area contributed by atoms with Crippen LogP contribution in [0.1, 0.15) is 29.7 Å². The first-order chi connectivity index (χ1) is 14.8. The third-order valence-corrected chi connectivity index (χ3v) is 5.00. The fraction of sp³-hybridized carbons (Fsp3) is 0.304. The fourth-order valence-electron chi connectivity index (χ4n) is 3.29. The molecule has 0 saturated carbocycles. The highest BCUT2D eigenvalue weighted by atomic mass is 19.4. The van der Waals surface area contributed by atoms with Gasteiger partial charge in [0, 0.05) is 19.2 Å². The molecule has 1 heterocycles. The predicted octanol–water partition coefficient (Wildman–Crippen LogP) is 3.83. The molecule has 3 rings (SSSR count). The summed E-state index contributed by atoms with van der Waals surface area (Å²) in [6.45, 7) is 3.39. The minimum Gasteiger partial charge on any atom is -0.378 e. The number of hydrogen-bond donors (Lipinski definition) is 1. The lowest BCUT2D eigenvalue weighted by molar-refractivity contribution is -0.139. The lowest BCUT2D eigenvalue weighted by atomic mass is 10.0. The molecule has 2 aromatic rings. The zero-order chi connectivity index (χ0) is 22.4. The van der Waals surface area contributed by atoms with Gasteiger partial charge in [-0.25, -0.2) is 0 Å². The third kappa shape index (κ3) is 5.95. The molecule has 1 N–H and O–H groups in total. The number of allylic oxidation sites excluding steroid dienone is 1. The van der Waals surface area contributed by atoms with E-state index in [2.05, 4.69) is 5.32 Å². The molecule has 0 aliphatic carbocycles. The lowest BCUT2D eigenvalue weighted by Gasteiger charge is -2.30. The summed E-state index contributed by atoms with van der Waals surface area (Å²) in [5.41, 5.74) is 0.859. The Morgan fingerprint density at radius 2 is 1.65 bits per heavy atom. The fourth-order valence-corrected chi connectivity index (χ4v) is 3.29. The minimum atomic E-state index is -4.42. The summed E-state index contributed by atoms with van der Waals surface area (Å²) in [6.07, 6.45) is -3.14. The quantitative estimate of drug-likeness (QED) is 0.731. The summed E-state index contributed by atoms with van der Waals surface area (Å²) in [4.78, 5) is 27.4. The van der Waals surface area contributed by atoms with Crippen LogP contribution in [0.4, 0.5) is 13.2 Å². The summed E-state index contributed by atoms with van der Waals surface area (Å²) < 4.78 is 43.5. The Kier molecular flexibility index (Phi) is 7.12. The molecule has 1 atom stereocenters. The molecule has 1 fully saturated rings. The summed E-state index contributed by atoms with van der Waals surface area (Å²) in [6, 6.07) is 12.6. The van der Waals surface area contributed by atoms with Gasteiger partial charge in [-0.05, 0) is 35.8 Å². The van der Waals surface area contributed by atoms with Gasteiger partial charge in [0.2, 0.25) is 11.8 Å². The van der Waals surface area contributed by atoms with Crippen molar-refractivity contribution < 1.29 is 27.5 Å². The standard InChI is InChI=1S/C23H23F3N2O3/c1-16(17-7-9-19(10-8-17)23(24,25)26)15-20(29)27-21(18-5-3-2-4-6-18)22(30)28-11-13-31-14-12-28/h2-10,15,21H,11-14H2,1H3,(H,27,29)/b16-15+. The molecule has 164 valence electrons. The van der Waals surface area contributed by atoms with Gasteiger partial charge >= 0.3 is 6.18 Å². The first-order valence-corrected chi connectivity index (χ1v) is 9.83. The predicted molar refractivity (Wildman–Crippen MR) is 110 cm³/mol. The average Bonchev–Trinajstić information content (AvgIpc) is 2.77. The number of halogens is 3. The van der Waals surface area contributed by atoms with Crippen molar-refractivity contribution in [2.45, 2.75) is 19.1 Å². The van der Waals surface area contributed by atoms with E-state index in [1.165, 1.54) is 18.2 Å². The van der Waals surface area contributed by atoms with Gasteiger partial charge in [-0.15, -0.1) is 0 Å². The highest BCUT2D eigenvalue weighted by Crippen LogP contribution is 2.30. The van der Waals surface area contributed by atoms with Crippen LogP contribution in [0.25, 0.3) is 5.57 Å². The minimum absolute atomic E-state index is 0.233. The monoisotopic (exact) mass is 432 g/mol. The van der Waals surface area contributed by atoms with Gasteiger partial charge in [-0.1, -0.05) is 42.5 Å². The molecule has 1 saturated heterocycles. The van der Waals surface area contributed by atoms with Crippen molar-refractivity contribution in [2.75, 3.05) is 26.3 Å². The van der Waals surface area contributed by atoms with Gasteiger partial charge in [0.25, 0.3) is 0 Å². The molecule has 1 aliphatic heterocycles. The Morgan fingerprint density at radius 3 is 2.23 bits per heavy atom. The van der Waals surface area contributed by atoms with E-state index >= 15 is 0 Å². The smallest absolute Gasteiger partial charge is 0.378 e. The number of alkyl halides is 3. The van der Waals surface area contributed by atoms with Crippen LogP contribution in [0.3, 0.4) is 0 Å². The van der Waals surface area contributed by atoms with E-state index < -0.39 is 23.7 Å². The Labute approximate surface area is 178 Å². The summed E-state index contributed by atoms with van der Waals surface area (Å²) in [5.74, 6) is -0.740. The van der Waals surface area contributed by atoms with Crippen LogP contribution >= 0.6 is 0 Å². The Morgan fingerprint density at radius 1 is 1.03 bits per heavy atom. The van der Waals surface area contributed by atoms with Gasteiger partial charge in [-0.2, -0.15) is 13.2 Å². The van der Waals surface area contributed by atoms with Crippen LogP contribution in [0, 0.1) is 0 Å². The number of amides is 2. The third-order valence-electron chi connectivity index (χ3n) is 5.00. The number of ether oxygens (including phenoxy) is 1. The second kappa shape index (κ2) is 9.78. The zero-order valence-electron chi connectivity index (χ0n) is 17.0. The number of rotatable bonds is 5. The molecule has 0 spiro atoms. The normalized spacial score (nSPS) is 16.0. The summed E-state index contributed by atoms with van der Waals surface area (Å²) >= 11 is 0. The molecule has 2 aromatic carbocycles. The highest BCUT2D eigenvalue weighted by molar-refractivity contribution is 5.98. The van der Waals surface area contributed by atoms with E-state index in [0.29, 0.717) is 43.0 Å². The molecule has 8 heteroatoms. The number of morpholine rings is 1. The SMILES string of the molecule is C/C(=C\C(=O)NC(C(=O)N1CCOCC1)c1ccccc1)c1ccc(C(F)(F)F)cc1. The maximum Gasteiger partial charge on any atom is 0.416 e. The van der Waals surface area contributed by atoms with Crippen LogP contribution in [0.2, 0.25) is 0 Å². The summed E-state index contributed by atoms with van der Waals surface area (Å²) in [7, 11) is 0. The first-order valence-electron chi connectivity index (χ1n) is 9.83. The number of carbonyl (C=O) groups is 2. The number of hydrogen-bond acceptors (Lipinski definition) is 3. The van der Waals surface area contributed by atoms with Crippen molar-refractivity contribution in [3.05, 3.63) is 77.4 Å². The van der Waals surface area contributed by atoms with Crippen molar-refractivity contribution >= 4 is 17.4 Å². The van der Waals surface area contributed by atoms with Crippen LogP contribution in [0.5, 0.6) is 0 Å². The molecule has 1 unspecified atom stereocenters. The molecule has 0 radical (unpaired) electrons. The Balaban J connectivity index is 1.77. The number of benzene rings is 2. The second-order valence-electron chi connectivity index (χ2n) is 7.19. The van der Waals surface area contributed by atoms with Gasteiger partial charge in [-0.3, -0.25) is 9.59 Å². The van der Waals surface area contributed by atoms with Crippen LogP contribution in [-0.2, 0) is 20.5 Å². The first kappa shape index (κ1) is 22.6. The topological polar surface area (TPSA) is 58.6 Å². The summed E-state index contributed by atoms with van der Waals surface area (Å²) in [5, 5.41) is 2.74. The van der Waals surface area contributed by atoms with E-state index in [-0.39, 0.29) is 5.91 Å². The average molecular weight is 432 g/mol. The zero-order valence-corrected chi connectivity index (χ0v) is 17.0. The number of nitrogens with zero attached hydrogens (tertiary/aromatic N) is 1. The van der Waals surface area contributed by atoms with Gasteiger partial charge in [0.1, 0.15) is 6.04 Å². The van der Waals surface area contributed by atoms with E-state index in [9.17, 15) is 22.8 Å². The maximum atomic E-state index is 13.0. The number of nitrogens with one attached hydrogen (secondary N) is 1. The molecule has 5 nitrogen and oxygen atoms in total. The Bertz CT molecular complexity index is 935. The van der Waals surface area contributed by atoms with Crippen LogP contribution < -0.4 is 5.32 Å². The molecular formula is C23H23F3N2O3. The molecule has 1 aliphatic rings. The van der Waals surface area contributed by atoms with Gasteiger partial charge in [0.15, 0.2) is 0 Å². The van der Waals surface area contributed by atoms with E-state index in [0.717, 1.165) is 12.1 Å². The number of carbonyl (C=O) groups excluding carboxylic acids is 2.